The first-order chi connectivity index (χ1) is 12.7. The molecule has 7 heteroatoms. The predicted molar refractivity (Wildman–Crippen MR) is 106 cm³/mol. The molecule has 0 bridgehead atoms. The molecular weight excluding hydrogens is 368 g/mol. The van der Waals surface area contributed by atoms with Crippen LogP contribution >= 0.6 is 23.4 Å². The zero-order valence-electron chi connectivity index (χ0n) is 14.1. The van der Waals surface area contributed by atoms with Crippen LogP contribution in [0.3, 0.4) is 0 Å². The smallest absolute Gasteiger partial charge is 0.214 e. The predicted octanol–water partition coefficient (Wildman–Crippen LogP) is 4.09. The Morgan fingerprint density at radius 2 is 1.88 bits per heavy atom. The van der Waals surface area contributed by atoms with E-state index in [1.54, 1.807) is 24.3 Å². The Morgan fingerprint density at radius 3 is 2.50 bits per heavy atom. The van der Waals surface area contributed by atoms with Gasteiger partial charge < -0.3 is 5.32 Å². The van der Waals surface area contributed by atoms with Gasteiger partial charge in [0.15, 0.2) is 0 Å². The van der Waals surface area contributed by atoms with Crippen molar-refractivity contribution in [3.63, 3.8) is 0 Å². The van der Waals surface area contributed by atoms with E-state index in [1.165, 1.54) is 29.1 Å². The van der Waals surface area contributed by atoms with Crippen molar-refractivity contribution in [1.82, 2.24) is 20.1 Å². The monoisotopic (exact) mass is 384 g/mol. The van der Waals surface area contributed by atoms with Gasteiger partial charge in [-0.15, -0.1) is 11.8 Å². The van der Waals surface area contributed by atoms with E-state index in [-0.39, 0.29) is 5.78 Å². The molecule has 2 aromatic carbocycles. The van der Waals surface area contributed by atoms with Gasteiger partial charge in [-0.2, -0.15) is 5.10 Å². The van der Waals surface area contributed by atoms with Crippen molar-refractivity contribution in [1.29, 1.82) is 0 Å². The second-order valence-corrected chi connectivity index (χ2v) is 6.65. The molecule has 0 aliphatic carbocycles. The number of benzene rings is 2. The number of carbonyl (C=O) groups excluding carboxylic acids is 1. The molecule has 3 rings (SSSR count). The van der Waals surface area contributed by atoms with Crippen LogP contribution in [0, 0.1) is 0 Å². The summed E-state index contributed by atoms with van der Waals surface area (Å²) in [7, 11) is 0. The molecule has 0 saturated heterocycles. The van der Waals surface area contributed by atoms with Crippen LogP contribution in [0.15, 0.2) is 72.3 Å². The van der Waals surface area contributed by atoms with Gasteiger partial charge in [-0.05, 0) is 36.1 Å². The summed E-state index contributed by atoms with van der Waals surface area (Å²) in [4.78, 5) is 17.1. The molecule has 1 aromatic heterocycles. The van der Waals surface area contributed by atoms with E-state index < -0.39 is 0 Å². The fourth-order valence-corrected chi connectivity index (χ4v) is 3.13. The van der Waals surface area contributed by atoms with Gasteiger partial charge in [0.05, 0.1) is 5.03 Å². The summed E-state index contributed by atoms with van der Waals surface area (Å²) in [6.07, 6.45) is 4.84. The highest BCUT2D eigenvalue weighted by molar-refractivity contribution is 8.02. The number of thioether (sulfide) groups is 1. The number of hydrogen-bond acceptors (Lipinski definition) is 5. The average Bonchev–Trinajstić information content (AvgIpc) is 3.20. The van der Waals surface area contributed by atoms with Crippen molar-refractivity contribution < 1.29 is 4.79 Å². The number of aromatic nitrogens is 3. The van der Waals surface area contributed by atoms with Gasteiger partial charge in [0.2, 0.25) is 5.78 Å². The topological polar surface area (TPSA) is 59.8 Å². The van der Waals surface area contributed by atoms with E-state index in [0.717, 1.165) is 10.6 Å². The number of hydrogen-bond donors (Lipinski definition) is 1. The van der Waals surface area contributed by atoms with E-state index in [0.29, 0.717) is 22.8 Å². The number of ketones is 1. The SMILES string of the molecule is CSC(NCc1ccccc1)=C(C(=O)c1ccc(Cl)cc1)n1cncn1. The molecule has 0 aliphatic heterocycles. The molecule has 0 amide bonds. The highest BCUT2D eigenvalue weighted by Crippen LogP contribution is 2.23. The van der Waals surface area contributed by atoms with E-state index in [4.69, 9.17) is 11.6 Å². The molecule has 3 aromatic rings. The molecule has 5 nitrogen and oxygen atoms in total. The van der Waals surface area contributed by atoms with Gasteiger partial charge in [-0.3, -0.25) is 4.79 Å². The third-order valence-corrected chi connectivity index (χ3v) is 4.68. The molecule has 1 N–H and O–H groups in total. The van der Waals surface area contributed by atoms with Crippen molar-refractivity contribution in [2.75, 3.05) is 6.26 Å². The van der Waals surface area contributed by atoms with Crippen LogP contribution in [0.4, 0.5) is 0 Å². The summed E-state index contributed by atoms with van der Waals surface area (Å²) in [6.45, 7) is 0.600. The highest BCUT2D eigenvalue weighted by Gasteiger charge is 2.20. The minimum absolute atomic E-state index is 0.155. The molecule has 0 unspecified atom stereocenters. The highest BCUT2D eigenvalue weighted by atomic mass is 35.5. The van der Waals surface area contributed by atoms with Crippen LogP contribution in [0.25, 0.3) is 5.70 Å². The molecule has 132 valence electrons. The zero-order chi connectivity index (χ0) is 18.4. The second kappa shape index (κ2) is 8.69. The number of rotatable bonds is 7. The number of allylic oxidation sites excluding steroid dienone is 1. The fourth-order valence-electron chi connectivity index (χ4n) is 2.40. The summed E-state index contributed by atoms with van der Waals surface area (Å²) in [6, 6.07) is 16.8. The molecule has 0 saturated carbocycles. The second-order valence-electron chi connectivity index (χ2n) is 5.40. The lowest BCUT2D eigenvalue weighted by molar-refractivity contribution is 0.104. The van der Waals surface area contributed by atoms with E-state index in [2.05, 4.69) is 15.4 Å². The van der Waals surface area contributed by atoms with Crippen molar-refractivity contribution in [3.8, 4) is 0 Å². The first-order valence-electron chi connectivity index (χ1n) is 7.90. The van der Waals surface area contributed by atoms with Gasteiger partial charge in [-0.1, -0.05) is 41.9 Å². The molecule has 1 heterocycles. The summed E-state index contributed by atoms with van der Waals surface area (Å²) in [5, 5.41) is 8.80. The molecule has 0 radical (unpaired) electrons. The van der Waals surface area contributed by atoms with Crippen molar-refractivity contribution in [2.24, 2.45) is 0 Å². The fraction of sp³-hybridized carbons (Fsp3) is 0.105. The molecule has 0 spiro atoms. The van der Waals surface area contributed by atoms with Crippen molar-refractivity contribution >= 4 is 34.8 Å². The Labute approximate surface area is 161 Å². The molecular formula is C19H17ClN4OS. The summed E-state index contributed by atoms with van der Waals surface area (Å²) in [5.41, 5.74) is 2.08. The van der Waals surface area contributed by atoms with Crippen LogP contribution in [0.2, 0.25) is 5.02 Å². The summed E-state index contributed by atoms with van der Waals surface area (Å²) >= 11 is 7.39. The van der Waals surface area contributed by atoms with Crippen LogP contribution < -0.4 is 5.32 Å². The standard InChI is InChI=1S/C19H17ClN4OS/c1-26-19(22-11-14-5-3-2-4-6-14)17(24-13-21-12-23-24)18(25)15-7-9-16(20)10-8-15/h2-10,12-13,22H,11H2,1H3. The molecule has 26 heavy (non-hydrogen) atoms. The first kappa shape index (κ1) is 18.2. The first-order valence-corrected chi connectivity index (χ1v) is 9.50. The Morgan fingerprint density at radius 1 is 1.15 bits per heavy atom. The van der Waals surface area contributed by atoms with Gasteiger partial charge >= 0.3 is 0 Å². The maximum atomic E-state index is 13.1. The number of carbonyl (C=O) groups is 1. The van der Waals surface area contributed by atoms with Crippen LogP contribution in [-0.2, 0) is 6.54 Å². The Bertz CT molecular complexity index is 893. The quantitative estimate of drug-likeness (QED) is 0.491. The third kappa shape index (κ3) is 4.33. The number of nitrogens with zero attached hydrogens (tertiary/aromatic N) is 3. The molecule has 0 atom stereocenters. The molecule has 0 fully saturated rings. The number of nitrogens with one attached hydrogen (secondary N) is 1. The van der Waals surface area contributed by atoms with E-state index in [1.807, 2.05) is 36.6 Å². The minimum atomic E-state index is -0.155. The Hall–Kier alpha value is -2.57. The van der Waals surface area contributed by atoms with Crippen LogP contribution in [0.5, 0.6) is 0 Å². The lowest BCUT2D eigenvalue weighted by atomic mass is 10.1. The van der Waals surface area contributed by atoms with Crippen molar-refractivity contribution in [3.05, 3.63) is 88.4 Å². The average molecular weight is 385 g/mol. The number of halogens is 1. The lowest BCUT2D eigenvalue weighted by Crippen LogP contribution is -2.20. The molecule has 0 aliphatic rings. The summed E-state index contributed by atoms with van der Waals surface area (Å²) in [5.74, 6) is -0.155. The Kier molecular flexibility index (Phi) is 6.09. The van der Waals surface area contributed by atoms with E-state index in [9.17, 15) is 4.79 Å². The largest absolute Gasteiger partial charge is 0.374 e. The zero-order valence-corrected chi connectivity index (χ0v) is 15.7. The van der Waals surface area contributed by atoms with Gasteiger partial charge in [-0.25, -0.2) is 9.67 Å². The normalized spacial score (nSPS) is 11.8. The van der Waals surface area contributed by atoms with Crippen molar-refractivity contribution in [2.45, 2.75) is 6.54 Å². The van der Waals surface area contributed by atoms with E-state index >= 15 is 0 Å². The van der Waals surface area contributed by atoms with Gasteiger partial charge in [0.1, 0.15) is 18.4 Å². The van der Waals surface area contributed by atoms with Gasteiger partial charge in [0, 0.05) is 17.1 Å². The third-order valence-electron chi connectivity index (χ3n) is 3.68. The number of Topliss-reactive ketones (excluding diaryl/α,β-unsaturated/α-hetero) is 1. The van der Waals surface area contributed by atoms with Crippen LogP contribution in [-0.4, -0.2) is 26.8 Å². The van der Waals surface area contributed by atoms with Crippen LogP contribution in [0.1, 0.15) is 15.9 Å². The minimum Gasteiger partial charge on any atom is -0.374 e. The summed E-state index contributed by atoms with van der Waals surface area (Å²) < 4.78 is 1.49. The van der Waals surface area contributed by atoms with Gasteiger partial charge in [0.25, 0.3) is 0 Å². The lowest BCUT2D eigenvalue weighted by Gasteiger charge is -2.15. The Balaban J connectivity index is 1.96. The maximum Gasteiger partial charge on any atom is 0.214 e. The maximum absolute atomic E-state index is 13.1.